The van der Waals surface area contributed by atoms with Crippen LogP contribution >= 0.6 is 0 Å². The van der Waals surface area contributed by atoms with E-state index in [4.69, 9.17) is 4.74 Å². The Morgan fingerprint density at radius 1 is 0.958 bits per heavy atom. The molecule has 5 heteroatoms. The first kappa shape index (κ1) is 16.1. The summed E-state index contributed by atoms with van der Waals surface area (Å²) in [5, 5.41) is 3.11. The van der Waals surface area contributed by atoms with Gasteiger partial charge in [-0.1, -0.05) is 25.5 Å². The van der Waals surface area contributed by atoms with E-state index in [-0.39, 0.29) is 18.5 Å². The smallest absolute Gasteiger partial charge is 0.263 e. The van der Waals surface area contributed by atoms with Gasteiger partial charge in [0.25, 0.3) is 11.8 Å². The molecule has 0 spiro atoms. The largest absolute Gasteiger partial charge is 0.494 e. The second-order valence-electron chi connectivity index (χ2n) is 5.65. The number of hydrogen-bond acceptors (Lipinski definition) is 4. The molecule has 0 atom stereocenters. The molecule has 0 aromatic heterocycles. The van der Waals surface area contributed by atoms with Crippen LogP contribution in [-0.4, -0.2) is 30.0 Å². The first-order valence-corrected chi connectivity index (χ1v) is 8.12. The van der Waals surface area contributed by atoms with Gasteiger partial charge in [0.05, 0.1) is 24.4 Å². The quantitative estimate of drug-likeness (QED) is 0.625. The van der Waals surface area contributed by atoms with E-state index < -0.39 is 0 Å². The van der Waals surface area contributed by atoms with Gasteiger partial charge in [0.2, 0.25) is 0 Å². The molecule has 2 aromatic carbocycles. The zero-order chi connectivity index (χ0) is 16.9. The molecular formula is C19H20N2O3. The van der Waals surface area contributed by atoms with Gasteiger partial charge in [0, 0.05) is 5.69 Å². The molecule has 2 amide bonds. The van der Waals surface area contributed by atoms with Crippen LogP contribution in [-0.2, 0) is 0 Å². The molecule has 0 saturated heterocycles. The van der Waals surface area contributed by atoms with Crippen LogP contribution in [0.5, 0.6) is 5.75 Å². The standard InChI is InChI=1S/C19H20N2O3/c1-2-3-12-24-15-10-8-14(9-11-15)20-13-21-18(22)16-6-4-5-7-17(16)19(21)23/h4-11,20H,2-3,12-13H2,1H3. The van der Waals surface area contributed by atoms with Crippen molar-refractivity contribution in [2.24, 2.45) is 0 Å². The van der Waals surface area contributed by atoms with Gasteiger partial charge in [0.1, 0.15) is 5.75 Å². The molecule has 0 aliphatic carbocycles. The predicted molar refractivity (Wildman–Crippen MR) is 92.3 cm³/mol. The lowest BCUT2D eigenvalue weighted by molar-refractivity contribution is 0.0666. The number of hydrogen-bond donors (Lipinski definition) is 1. The van der Waals surface area contributed by atoms with Gasteiger partial charge >= 0.3 is 0 Å². The number of benzene rings is 2. The highest BCUT2D eigenvalue weighted by Gasteiger charge is 2.34. The lowest BCUT2D eigenvalue weighted by Gasteiger charge is -2.16. The minimum absolute atomic E-state index is 0.141. The fourth-order valence-electron chi connectivity index (χ4n) is 2.56. The summed E-state index contributed by atoms with van der Waals surface area (Å²) < 4.78 is 5.61. The van der Waals surface area contributed by atoms with Crippen molar-refractivity contribution >= 4 is 17.5 Å². The monoisotopic (exact) mass is 324 g/mol. The number of amides is 2. The molecule has 0 saturated carbocycles. The highest BCUT2D eigenvalue weighted by atomic mass is 16.5. The maximum atomic E-state index is 12.3. The molecule has 0 unspecified atom stereocenters. The fourth-order valence-corrected chi connectivity index (χ4v) is 2.56. The molecule has 124 valence electrons. The highest BCUT2D eigenvalue weighted by molar-refractivity contribution is 6.21. The van der Waals surface area contributed by atoms with Crippen molar-refractivity contribution in [1.82, 2.24) is 4.90 Å². The number of carbonyl (C=O) groups excluding carboxylic acids is 2. The van der Waals surface area contributed by atoms with Crippen LogP contribution in [0.3, 0.4) is 0 Å². The third kappa shape index (κ3) is 3.25. The van der Waals surface area contributed by atoms with E-state index in [1.807, 2.05) is 24.3 Å². The van der Waals surface area contributed by atoms with Crippen LogP contribution in [0.25, 0.3) is 0 Å². The lowest BCUT2D eigenvalue weighted by Crippen LogP contribution is -2.34. The normalized spacial score (nSPS) is 13.1. The van der Waals surface area contributed by atoms with Crippen molar-refractivity contribution in [3.63, 3.8) is 0 Å². The molecule has 1 heterocycles. The first-order valence-electron chi connectivity index (χ1n) is 8.12. The summed E-state index contributed by atoms with van der Waals surface area (Å²) in [4.78, 5) is 25.8. The number of anilines is 1. The Morgan fingerprint density at radius 2 is 1.58 bits per heavy atom. The Bertz CT molecular complexity index is 706. The molecule has 1 N–H and O–H groups in total. The Balaban J connectivity index is 1.59. The number of fused-ring (bicyclic) bond motifs is 1. The minimum Gasteiger partial charge on any atom is -0.494 e. The fraction of sp³-hybridized carbons (Fsp3) is 0.263. The Morgan fingerprint density at radius 3 is 2.17 bits per heavy atom. The molecule has 2 aromatic rings. The second-order valence-corrected chi connectivity index (χ2v) is 5.65. The Hall–Kier alpha value is -2.82. The molecule has 24 heavy (non-hydrogen) atoms. The number of imide groups is 1. The Labute approximate surface area is 141 Å². The number of unbranched alkanes of at least 4 members (excludes halogenated alkanes) is 1. The zero-order valence-electron chi connectivity index (χ0n) is 13.6. The predicted octanol–water partition coefficient (Wildman–Crippen LogP) is 3.53. The summed E-state index contributed by atoms with van der Waals surface area (Å²) in [7, 11) is 0. The van der Waals surface area contributed by atoms with Gasteiger partial charge in [-0.05, 0) is 42.8 Å². The van der Waals surface area contributed by atoms with Crippen molar-refractivity contribution in [2.75, 3.05) is 18.6 Å². The maximum absolute atomic E-state index is 12.3. The number of carbonyl (C=O) groups is 2. The van der Waals surface area contributed by atoms with E-state index in [2.05, 4.69) is 12.2 Å². The van der Waals surface area contributed by atoms with Gasteiger partial charge < -0.3 is 10.1 Å². The van der Waals surface area contributed by atoms with Crippen LogP contribution in [0.4, 0.5) is 5.69 Å². The third-order valence-electron chi connectivity index (χ3n) is 3.94. The van der Waals surface area contributed by atoms with Gasteiger partial charge in [-0.3, -0.25) is 14.5 Å². The number of ether oxygens (including phenoxy) is 1. The lowest BCUT2D eigenvalue weighted by atomic mass is 10.1. The van der Waals surface area contributed by atoms with E-state index in [1.165, 1.54) is 4.90 Å². The van der Waals surface area contributed by atoms with Crippen molar-refractivity contribution in [2.45, 2.75) is 19.8 Å². The van der Waals surface area contributed by atoms with Gasteiger partial charge in [-0.15, -0.1) is 0 Å². The summed E-state index contributed by atoms with van der Waals surface area (Å²) >= 11 is 0. The SMILES string of the molecule is CCCCOc1ccc(NCN2C(=O)c3ccccc3C2=O)cc1. The summed E-state index contributed by atoms with van der Waals surface area (Å²) in [6.07, 6.45) is 2.12. The van der Waals surface area contributed by atoms with Crippen LogP contribution in [0.2, 0.25) is 0 Å². The van der Waals surface area contributed by atoms with E-state index in [0.717, 1.165) is 24.3 Å². The van der Waals surface area contributed by atoms with E-state index in [0.29, 0.717) is 17.7 Å². The van der Waals surface area contributed by atoms with Gasteiger partial charge in [-0.25, -0.2) is 0 Å². The zero-order valence-corrected chi connectivity index (χ0v) is 13.6. The molecule has 0 radical (unpaired) electrons. The molecule has 5 nitrogen and oxygen atoms in total. The van der Waals surface area contributed by atoms with Gasteiger partial charge in [-0.2, -0.15) is 0 Å². The average Bonchev–Trinajstić information content (AvgIpc) is 2.86. The van der Waals surface area contributed by atoms with Crippen molar-refractivity contribution in [3.8, 4) is 5.75 Å². The summed E-state index contributed by atoms with van der Waals surface area (Å²) in [5.41, 5.74) is 1.75. The highest BCUT2D eigenvalue weighted by Crippen LogP contribution is 2.23. The van der Waals surface area contributed by atoms with Gasteiger partial charge in [0.15, 0.2) is 0 Å². The molecule has 1 aliphatic rings. The van der Waals surface area contributed by atoms with E-state index in [9.17, 15) is 9.59 Å². The van der Waals surface area contributed by atoms with Crippen molar-refractivity contribution in [1.29, 1.82) is 0 Å². The molecule has 0 fully saturated rings. The van der Waals surface area contributed by atoms with Crippen LogP contribution in [0.15, 0.2) is 48.5 Å². The summed E-state index contributed by atoms with van der Waals surface area (Å²) in [6, 6.07) is 14.4. The second kappa shape index (κ2) is 7.17. The molecule has 1 aliphatic heterocycles. The van der Waals surface area contributed by atoms with Crippen molar-refractivity contribution < 1.29 is 14.3 Å². The summed E-state index contributed by atoms with van der Waals surface area (Å²) in [5.74, 6) is 0.292. The topological polar surface area (TPSA) is 58.6 Å². The van der Waals surface area contributed by atoms with E-state index >= 15 is 0 Å². The molecular weight excluding hydrogens is 304 g/mol. The first-order chi connectivity index (χ1) is 11.7. The third-order valence-corrected chi connectivity index (χ3v) is 3.94. The average molecular weight is 324 g/mol. The van der Waals surface area contributed by atoms with E-state index in [1.54, 1.807) is 24.3 Å². The number of nitrogens with zero attached hydrogens (tertiary/aromatic N) is 1. The van der Waals surface area contributed by atoms with Crippen molar-refractivity contribution in [3.05, 3.63) is 59.7 Å². The molecule has 3 rings (SSSR count). The Kier molecular flexibility index (Phi) is 4.79. The summed E-state index contributed by atoms with van der Waals surface area (Å²) in [6.45, 7) is 2.97. The maximum Gasteiger partial charge on any atom is 0.263 e. The number of nitrogens with one attached hydrogen (secondary N) is 1. The van der Waals surface area contributed by atoms with Crippen LogP contribution in [0, 0.1) is 0 Å². The number of rotatable bonds is 7. The van der Waals surface area contributed by atoms with Crippen LogP contribution in [0.1, 0.15) is 40.5 Å². The van der Waals surface area contributed by atoms with Crippen LogP contribution < -0.4 is 10.1 Å². The molecule has 0 bridgehead atoms. The minimum atomic E-state index is -0.261.